The maximum Gasteiger partial charge on any atom is 0.237 e. The molecule has 0 spiro atoms. The van der Waals surface area contributed by atoms with Gasteiger partial charge in [-0.1, -0.05) is 58.4 Å². The Kier molecular flexibility index (Phi) is 5.53. The third-order valence-corrected chi connectivity index (χ3v) is 3.89. The summed E-state index contributed by atoms with van der Waals surface area (Å²) in [6.07, 6.45) is 0.541. The Bertz CT molecular complexity index is 583. The highest BCUT2D eigenvalue weighted by Crippen LogP contribution is 2.16. The van der Waals surface area contributed by atoms with E-state index in [0.717, 1.165) is 15.6 Å². The standard InChI is InChI=1S/C17H19BrN2O/c1-12(14-7-9-15(18)10-8-14)20-17(21)16(19)11-13-5-3-2-4-6-13/h2-10,12,16H,11,19H2,1H3,(H,20,21)/t12-,16?/m1/s1. The Morgan fingerprint density at radius 2 is 1.76 bits per heavy atom. The Hall–Kier alpha value is -1.65. The van der Waals surface area contributed by atoms with Crippen molar-refractivity contribution in [1.29, 1.82) is 0 Å². The molecule has 0 fully saturated rings. The molecule has 0 aliphatic carbocycles. The van der Waals surface area contributed by atoms with Crippen molar-refractivity contribution in [3.8, 4) is 0 Å². The van der Waals surface area contributed by atoms with Crippen LogP contribution in [0.15, 0.2) is 59.1 Å². The van der Waals surface area contributed by atoms with Crippen LogP contribution in [0.25, 0.3) is 0 Å². The van der Waals surface area contributed by atoms with Crippen molar-refractivity contribution in [2.24, 2.45) is 5.73 Å². The molecule has 0 aromatic heterocycles. The zero-order chi connectivity index (χ0) is 15.2. The molecule has 0 bridgehead atoms. The molecule has 0 aliphatic rings. The molecule has 21 heavy (non-hydrogen) atoms. The second-order valence-corrected chi connectivity index (χ2v) is 5.99. The van der Waals surface area contributed by atoms with Crippen LogP contribution >= 0.6 is 15.9 Å². The summed E-state index contributed by atoms with van der Waals surface area (Å²) in [4.78, 5) is 12.2. The van der Waals surface area contributed by atoms with Crippen LogP contribution in [0.4, 0.5) is 0 Å². The number of nitrogens with two attached hydrogens (primary N) is 1. The Balaban J connectivity index is 1.92. The van der Waals surface area contributed by atoms with E-state index in [2.05, 4.69) is 21.2 Å². The molecule has 1 unspecified atom stereocenters. The number of hydrogen-bond donors (Lipinski definition) is 2. The van der Waals surface area contributed by atoms with Crippen LogP contribution in [-0.2, 0) is 11.2 Å². The predicted octanol–water partition coefficient (Wildman–Crippen LogP) is 3.20. The zero-order valence-electron chi connectivity index (χ0n) is 11.9. The van der Waals surface area contributed by atoms with E-state index < -0.39 is 6.04 Å². The summed E-state index contributed by atoms with van der Waals surface area (Å²) in [6, 6.07) is 17.1. The summed E-state index contributed by atoms with van der Waals surface area (Å²) in [5, 5.41) is 2.96. The van der Waals surface area contributed by atoms with Crippen LogP contribution in [-0.4, -0.2) is 11.9 Å². The summed E-state index contributed by atoms with van der Waals surface area (Å²) >= 11 is 3.40. The highest BCUT2D eigenvalue weighted by molar-refractivity contribution is 9.10. The lowest BCUT2D eigenvalue weighted by molar-refractivity contribution is -0.123. The van der Waals surface area contributed by atoms with Gasteiger partial charge in [-0.3, -0.25) is 4.79 Å². The molecule has 0 aliphatic heterocycles. The largest absolute Gasteiger partial charge is 0.348 e. The molecule has 0 saturated carbocycles. The van der Waals surface area contributed by atoms with Gasteiger partial charge in [0.25, 0.3) is 0 Å². The van der Waals surface area contributed by atoms with Gasteiger partial charge in [-0.2, -0.15) is 0 Å². The highest BCUT2D eigenvalue weighted by atomic mass is 79.9. The van der Waals surface area contributed by atoms with Gasteiger partial charge in [-0.25, -0.2) is 0 Å². The quantitative estimate of drug-likeness (QED) is 0.873. The first-order valence-electron chi connectivity index (χ1n) is 6.91. The minimum atomic E-state index is -0.537. The van der Waals surface area contributed by atoms with E-state index in [-0.39, 0.29) is 11.9 Å². The van der Waals surface area contributed by atoms with Gasteiger partial charge in [0, 0.05) is 4.47 Å². The molecule has 2 aromatic carbocycles. The van der Waals surface area contributed by atoms with E-state index in [0.29, 0.717) is 6.42 Å². The van der Waals surface area contributed by atoms with Gasteiger partial charge in [0.05, 0.1) is 12.1 Å². The SMILES string of the molecule is C[C@@H](NC(=O)C(N)Cc1ccccc1)c1ccc(Br)cc1. The molecule has 0 heterocycles. The zero-order valence-corrected chi connectivity index (χ0v) is 13.5. The average molecular weight is 347 g/mol. The molecule has 2 aromatic rings. The molecule has 3 nitrogen and oxygen atoms in total. The van der Waals surface area contributed by atoms with Crippen LogP contribution < -0.4 is 11.1 Å². The maximum absolute atomic E-state index is 12.2. The first-order valence-corrected chi connectivity index (χ1v) is 7.71. The summed E-state index contributed by atoms with van der Waals surface area (Å²) in [6.45, 7) is 1.95. The number of rotatable bonds is 5. The number of benzene rings is 2. The number of carbonyl (C=O) groups excluding carboxylic acids is 1. The summed E-state index contributed by atoms with van der Waals surface area (Å²) in [7, 11) is 0. The van der Waals surface area contributed by atoms with Crippen LogP contribution in [0.3, 0.4) is 0 Å². The third kappa shape index (κ3) is 4.69. The minimum Gasteiger partial charge on any atom is -0.348 e. The van der Waals surface area contributed by atoms with Gasteiger partial charge >= 0.3 is 0 Å². The molecular weight excluding hydrogens is 328 g/mol. The van der Waals surface area contributed by atoms with Crippen LogP contribution in [0, 0.1) is 0 Å². The fourth-order valence-corrected chi connectivity index (χ4v) is 2.38. The molecule has 2 rings (SSSR count). The predicted molar refractivity (Wildman–Crippen MR) is 88.8 cm³/mol. The van der Waals surface area contributed by atoms with Crippen molar-refractivity contribution in [3.63, 3.8) is 0 Å². The summed E-state index contributed by atoms with van der Waals surface area (Å²) in [5.41, 5.74) is 8.10. The summed E-state index contributed by atoms with van der Waals surface area (Å²) < 4.78 is 1.02. The lowest BCUT2D eigenvalue weighted by atomic mass is 10.0. The topological polar surface area (TPSA) is 55.1 Å². The molecule has 0 saturated heterocycles. The molecular formula is C17H19BrN2O. The van der Waals surface area contributed by atoms with Crippen LogP contribution in [0.2, 0.25) is 0 Å². The smallest absolute Gasteiger partial charge is 0.237 e. The van der Waals surface area contributed by atoms with E-state index in [9.17, 15) is 4.79 Å². The van der Waals surface area contributed by atoms with Crippen molar-refractivity contribution in [3.05, 3.63) is 70.2 Å². The van der Waals surface area contributed by atoms with Crippen LogP contribution in [0.1, 0.15) is 24.1 Å². The van der Waals surface area contributed by atoms with Gasteiger partial charge in [0.2, 0.25) is 5.91 Å². The third-order valence-electron chi connectivity index (χ3n) is 3.36. The van der Waals surface area contributed by atoms with E-state index in [1.54, 1.807) is 0 Å². The van der Waals surface area contributed by atoms with Gasteiger partial charge in [-0.05, 0) is 36.6 Å². The number of nitrogens with one attached hydrogen (secondary N) is 1. The number of hydrogen-bond acceptors (Lipinski definition) is 2. The number of amides is 1. The van der Waals surface area contributed by atoms with E-state index in [1.807, 2.05) is 61.5 Å². The van der Waals surface area contributed by atoms with E-state index >= 15 is 0 Å². The molecule has 1 amide bonds. The fraction of sp³-hybridized carbons (Fsp3) is 0.235. The normalized spacial score (nSPS) is 13.5. The monoisotopic (exact) mass is 346 g/mol. The molecule has 4 heteroatoms. The Morgan fingerprint density at radius 3 is 2.38 bits per heavy atom. The molecule has 2 atom stereocenters. The average Bonchev–Trinajstić information content (AvgIpc) is 2.48. The minimum absolute atomic E-state index is 0.0626. The number of carbonyl (C=O) groups is 1. The van der Waals surface area contributed by atoms with Crippen molar-refractivity contribution >= 4 is 21.8 Å². The van der Waals surface area contributed by atoms with Crippen molar-refractivity contribution in [2.45, 2.75) is 25.4 Å². The fourth-order valence-electron chi connectivity index (χ4n) is 2.12. The first-order chi connectivity index (χ1) is 10.1. The van der Waals surface area contributed by atoms with Gasteiger partial charge in [0.1, 0.15) is 0 Å². The molecule has 110 valence electrons. The lowest BCUT2D eigenvalue weighted by Crippen LogP contribution is -2.42. The van der Waals surface area contributed by atoms with Gasteiger partial charge < -0.3 is 11.1 Å². The highest BCUT2D eigenvalue weighted by Gasteiger charge is 2.16. The number of halogens is 1. The second-order valence-electron chi connectivity index (χ2n) is 5.08. The summed E-state index contributed by atoms with van der Waals surface area (Å²) in [5.74, 6) is -0.130. The molecule has 3 N–H and O–H groups in total. The van der Waals surface area contributed by atoms with E-state index in [1.165, 1.54) is 0 Å². The van der Waals surface area contributed by atoms with Gasteiger partial charge in [-0.15, -0.1) is 0 Å². The first kappa shape index (κ1) is 15.7. The Labute approximate surface area is 133 Å². The van der Waals surface area contributed by atoms with E-state index in [4.69, 9.17) is 5.73 Å². The van der Waals surface area contributed by atoms with Crippen molar-refractivity contribution in [2.75, 3.05) is 0 Å². The van der Waals surface area contributed by atoms with Crippen LogP contribution in [0.5, 0.6) is 0 Å². The van der Waals surface area contributed by atoms with Crippen molar-refractivity contribution in [1.82, 2.24) is 5.32 Å². The molecule has 0 radical (unpaired) electrons. The second kappa shape index (κ2) is 7.38. The van der Waals surface area contributed by atoms with Crippen molar-refractivity contribution < 1.29 is 4.79 Å². The lowest BCUT2D eigenvalue weighted by Gasteiger charge is -2.18. The Morgan fingerprint density at radius 1 is 1.14 bits per heavy atom. The maximum atomic E-state index is 12.2. The van der Waals surface area contributed by atoms with Gasteiger partial charge in [0.15, 0.2) is 0 Å².